The second-order valence-corrected chi connectivity index (χ2v) is 4.09. The van der Waals surface area contributed by atoms with Crippen LogP contribution in [-0.2, 0) is 11.2 Å². The van der Waals surface area contributed by atoms with Crippen molar-refractivity contribution >= 4 is 17.3 Å². The first-order valence-electron chi connectivity index (χ1n) is 4.93. The van der Waals surface area contributed by atoms with Gasteiger partial charge in [0, 0.05) is 11.4 Å². The zero-order valence-corrected chi connectivity index (χ0v) is 8.95. The molecule has 1 aliphatic rings. The summed E-state index contributed by atoms with van der Waals surface area (Å²) in [6.45, 7) is 0. The van der Waals surface area contributed by atoms with E-state index in [1.54, 1.807) is 6.07 Å². The Labute approximate surface area is 89.1 Å². The maximum atomic E-state index is 11.7. The van der Waals surface area contributed by atoms with E-state index in [1.165, 1.54) is 0 Å². The van der Waals surface area contributed by atoms with Crippen LogP contribution in [0.5, 0.6) is 0 Å². The number of hydrogen-bond donors (Lipinski definition) is 2. The molecule has 2 rings (SSSR count). The Bertz CT molecular complexity index is 401. The third kappa shape index (κ3) is 1.80. The molecule has 3 N–H and O–H groups in total. The van der Waals surface area contributed by atoms with Gasteiger partial charge < -0.3 is 11.1 Å². The molecule has 4 nitrogen and oxygen atoms in total. The number of carbonyl (C=O) groups excluding carboxylic acids is 1. The molecule has 0 saturated heterocycles. The number of anilines is 2. The van der Waals surface area contributed by atoms with Crippen molar-refractivity contribution in [3.8, 4) is 0 Å². The summed E-state index contributed by atoms with van der Waals surface area (Å²) in [5, 5.41) is 2.88. The van der Waals surface area contributed by atoms with E-state index >= 15 is 0 Å². The first kappa shape index (κ1) is 9.98. The molecule has 1 aromatic carbocycles. The van der Waals surface area contributed by atoms with Gasteiger partial charge in [0.05, 0.1) is 6.04 Å². The summed E-state index contributed by atoms with van der Waals surface area (Å²) in [5.41, 5.74) is 8.44. The molecule has 80 valence electrons. The Morgan fingerprint density at radius 3 is 2.87 bits per heavy atom. The number of fused-ring (bicyclic) bond motifs is 1. The van der Waals surface area contributed by atoms with Gasteiger partial charge >= 0.3 is 0 Å². The van der Waals surface area contributed by atoms with Crippen LogP contribution in [0.1, 0.15) is 5.56 Å². The van der Waals surface area contributed by atoms with Gasteiger partial charge in [0.1, 0.15) is 0 Å². The van der Waals surface area contributed by atoms with Gasteiger partial charge in [-0.05, 0) is 44.3 Å². The van der Waals surface area contributed by atoms with Crippen LogP contribution in [0.2, 0.25) is 0 Å². The zero-order chi connectivity index (χ0) is 11.0. The minimum atomic E-state index is -0.0979. The molecule has 0 fully saturated rings. The minimum Gasteiger partial charge on any atom is -0.399 e. The average molecular weight is 205 g/mol. The predicted molar refractivity (Wildman–Crippen MR) is 60.7 cm³/mol. The first-order chi connectivity index (χ1) is 7.08. The lowest BCUT2D eigenvalue weighted by Crippen LogP contribution is -2.44. The quantitative estimate of drug-likeness (QED) is 0.663. The molecule has 0 saturated carbocycles. The zero-order valence-electron chi connectivity index (χ0n) is 8.95. The number of rotatable bonds is 1. The van der Waals surface area contributed by atoms with E-state index in [9.17, 15) is 4.79 Å². The van der Waals surface area contributed by atoms with Crippen LogP contribution in [0.4, 0.5) is 11.4 Å². The van der Waals surface area contributed by atoms with E-state index < -0.39 is 0 Å². The summed E-state index contributed by atoms with van der Waals surface area (Å²) < 4.78 is 0. The van der Waals surface area contributed by atoms with E-state index in [2.05, 4.69) is 5.32 Å². The number of hydrogen-bond acceptors (Lipinski definition) is 3. The van der Waals surface area contributed by atoms with Crippen molar-refractivity contribution in [2.45, 2.75) is 12.5 Å². The molecule has 1 heterocycles. The first-order valence-corrected chi connectivity index (χ1v) is 4.93. The van der Waals surface area contributed by atoms with E-state index in [1.807, 2.05) is 31.1 Å². The molecule has 1 unspecified atom stereocenters. The number of benzene rings is 1. The fourth-order valence-electron chi connectivity index (χ4n) is 1.84. The molecule has 0 aromatic heterocycles. The Balaban J connectivity index is 2.34. The predicted octanol–water partition coefficient (Wildman–Crippen LogP) is 0.694. The standard InChI is InChI=1S/C11H15N3O/c1-14(2)10-6-7-5-8(12)3-4-9(7)13-11(10)15/h3-5,10H,6,12H2,1-2H3,(H,13,15). The topological polar surface area (TPSA) is 58.4 Å². The van der Waals surface area contributed by atoms with Crippen LogP contribution < -0.4 is 11.1 Å². The maximum Gasteiger partial charge on any atom is 0.242 e. The molecule has 1 aliphatic heterocycles. The summed E-state index contributed by atoms with van der Waals surface area (Å²) in [6, 6.07) is 5.48. The SMILES string of the molecule is CN(C)C1Cc2cc(N)ccc2NC1=O. The Kier molecular flexibility index (Phi) is 2.36. The van der Waals surface area contributed by atoms with Gasteiger partial charge in [-0.15, -0.1) is 0 Å². The molecule has 1 amide bonds. The second-order valence-electron chi connectivity index (χ2n) is 4.09. The second kappa shape index (κ2) is 3.55. The molecule has 1 aromatic rings. The van der Waals surface area contributed by atoms with Crippen LogP contribution in [0.15, 0.2) is 18.2 Å². The summed E-state index contributed by atoms with van der Waals surface area (Å²) in [7, 11) is 3.81. The van der Waals surface area contributed by atoms with Crippen molar-refractivity contribution in [3.05, 3.63) is 23.8 Å². The number of nitrogens with two attached hydrogens (primary N) is 1. The van der Waals surface area contributed by atoms with E-state index in [0.717, 1.165) is 23.4 Å². The van der Waals surface area contributed by atoms with Gasteiger partial charge in [0.15, 0.2) is 0 Å². The molecule has 0 radical (unpaired) electrons. The minimum absolute atomic E-state index is 0.0530. The van der Waals surface area contributed by atoms with Gasteiger partial charge in [-0.25, -0.2) is 0 Å². The van der Waals surface area contributed by atoms with Crippen LogP contribution in [0.3, 0.4) is 0 Å². The van der Waals surface area contributed by atoms with Gasteiger partial charge in [-0.3, -0.25) is 9.69 Å². The monoisotopic (exact) mass is 205 g/mol. The molecule has 0 aliphatic carbocycles. The lowest BCUT2D eigenvalue weighted by molar-refractivity contribution is -0.120. The number of likely N-dealkylation sites (N-methyl/N-ethyl adjacent to an activating group) is 1. The largest absolute Gasteiger partial charge is 0.399 e. The van der Waals surface area contributed by atoms with Crippen LogP contribution in [0.25, 0.3) is 0 Å². The van der Waals surface area contributed by atoms with Crippen molar-refractivity contribution in [2.24, 2.45) is 0 Å². The molecule has 0 spiro atoms. The summed E-state index contributed by atoms with van der Waals surface area (Å²) in [5.74, 6) is 0.0530. The highest BCUT2D eigenvalue weighted by molar-refractivity contribution is 5.98. The van der Waals surface area contributed by atoms with Crippen LogP contribution in [0, 0.1) is 0 Å². The van der Waals surface area contributed by atoms with Crippen molar-refractivity contribution in [1.82, 2.24) is 4.90 Å². The average Bonchev–Trinajstić information content (AvgIpc) is 2.17. The smallest absolute Gasteiger partial charge is 0.242 e. The molecule has 0 bridgehead atoms. The van der Waals surface area contributed by atoms with Gasteiger partial charge in [0.25, 0.3) is 0 Å². The van der Waals surface area contributed by atoms with Crippen molar-refractivity contribution in [2.75, 3.05) is 25.1 Å². The van der Waals surface area contributed by atoms with Gasteiger partial charge in [-0.1, -0.05) is 0 Å². The Morgan fingerprint density at radius 1 is 1.47 bits per heavy atom. The fraction of sp³-hybridized carbons (Fsp3) is 0.364. The number of nitrogens with one attached hydrogen (secondary N) is 1. The third-order valence-corrected chi connectivity index (χ3v) is 2.73. The number of carbonyl (C=O) groups is 1. The van der Waals surface area contributed by atoms with E-state index in [0.29, 0.717) is 0 Å². The highest BCUT2D eigenvalue weighted by Gasteiger charge is 2.27. The summed E-state index contributed by atoms with van der Waals surface area (Å²) in [4.78, 5) is 13.6. The van der Waals surface area contributed by atoms with Crippen molar-refractivity contribution in [1.29, 1.82) is 0 Å². The lowest BCUT2D eigenvalue weighted by atomic mass is 9.98. The normalized spacial score (nSPS) is 19.9. The summed E-state index contributed by atoms with van der Waals surface area (Å²) >= 11 is 0. The van der Waals surface area contributed by atoms with Gasteiger partial charge in [0.2, 0.25) is 5.91 Å². The number of nitrogen functional groups attached to an aromatic ring is 1. The summed E-state index contributed by atoms with van der Waals surface area (Å²) in [6.07, 6.45) is 0.721. The van der Waals surface area contributed by atoms with Gasteiger partial charge in [-0.2, -0.15) is 0 Å². The highest BCUT2D eigenvalue weighted by Crippen LogP contribution is 2.25. The molecule has 1 atom stereocenters. The van der Waals surface area contributed by atoms with E-state index in [4.69, 9.17) is 5.73 Å². The van der Waals surface area contributed by atoms with Crippen LogP contribution in [-0.4, -0.2) is 30.9 Å². The molecule has 15 heavy (non-hydrogen) atoms. The Morgan fingerprint density at radius 2 is 2.20 bits per heavy atom. The van der Waals surface area contributed by atoms with E-state index in [-0.39, 0.29) is 11.9 Å². The number of amides is 1. The molecular formula is C11H15N3O. The highest BCUT2D eigenvalue weighted by atomic mass is 16.2. The molecule has 4 heteroatoms. The van der Waals surface area contributed by atoms with Crippen LogP contribution >= 0.6 is 0 Å². The fourth-order valence-corrected chi connectivity index (χ4v) is 1.84. The molecular weight excluding hydrogens is 190 g/mol. The number of nitrogens with zero attached hydrogens (tertiary/aromatic N) is 1. The maximum absolute atomic E-state index is 11.7. The third-order valence-electron chi connectivity index (χ3n) is 2.73. The Hall–Kier alpha value is -1.55. The van der Waals surface area contributed by atoms with Crippen molar-refractivity contribution in [3.63, 3.8) is 0 Å². The lowest BCUT2D eigenvalue weighted by Gasteiger charge is -2.29. The van der Waals surface area contributed by atoms with Crippen molar-refractivity contribution < 1.29 is 4.79 Å².